The number of halogens is 1. The number of nitrogens with one attached hydrogen (secondary N) is 2. The number of methoxy groups -OCH3 is 1. The van der Waals surface area contributed by atoms with E-state index in [0.717, 1.165) is 25.5 Å². The molecular formula is C16H25IN6O2. The molecule has 0 atom stereocenters. The zero-order chi connectivity index (χ0) is 17.0. The number of guanidine groups is 1. The maximum Gasteiger partial charge on any atom is 0.276 e. The Morgan fingerprint density at radius 3 is 2.92 bits per heavy atom. The first-order chi connectivity index (χ1) is 11.8. The van der Waals surface area contributed by atoms with Gasteiger partial charge < -0.3 is 19.9 Å². The Kier molecular flexibility index (Phi) is 10.7. The molecule has 2 aromatic heterocycles. The Morgan fingerprint density at radius 1 is 1.32 bits per heavy atom. The number of hydrogen-bond donors (Lipinski definition) is 2. The van der Waals surface area contributed by atoms with Crippen LogP contribution >= 0.6 is 24.0 Å². The minimum Gasteiger partial charge on any atom is -0.385 e. The fourth-order valence-corrected chi connectivity index (χ4v) is 1.98. The molecule has 0 fully saturated rings. The van der Waals surface area contributed by atoms with Crippen LogP contribution in [0.1, 0.15) is 19.2 Å². The number of rotatable bonds is 9. The molecule has 0 aliphatic heterocycles. The van der Waals surface area contributed by atoms with Crippen LogP contribution in [0.25, 0.3) is 11.6 Å². The number of hydrogen-bond acceptors (Lipinski definition) is 6. The van der Waals surface area contributed by atoms with Gasteiger partial charge in [-0.2, -0.15) is 4.98 Å². The van der Waals surface area contributed by atoms with E-state index >= 15 is 0 Å². The summed E-state index contributed by atoms with van der Waals surface area (Å²) in [7, 11) is 1.69. The minimum absolute atomic E-state index is 0. The van der Waals surface area contributed by atoms with Gasteiger partial charge in [0.25, 0.3) is 5.89 Å². The summed E-state index contributed by atoms with van der Waals surface area (Å²) in [5.41, 5.74) is 0.678. The molecule has 8 nitrogen and oxygen atoms in total. The Morgan fingerprint density at radius 2 is 2.20 bits per heavy atom. The van der Waals surface area contributed by atoms with Gasteiger partial charge >= 0.3 is 0 Å². The van der Waals surface area contributed by atoms with E-state index in [0.29, 0.717) is 37.0 Å². The maximum atomic E-state index is 5.24. The highest BCUT2D eigenvalue weighted by atomic mass is 127. The summed E-state index contributed by atoms with van der Waals surface area (Å²) in [4.78, 5) is 13.0. The van der Waals surface area contributed by atoms with Crippen LogP contribution in [0.5, 0.6) is 0 Å². The molecule has 0 bridgehead atoms. The third-order valence-electron chi connectivity index (χ3n) is 3.11. The highest BCUT2D eigenvalue weighted by molar-refractivity contribution is 14.0. The molecule has 0 aliphatic carbocycles. The van der Waals surface area contributed by atoms with Crippen LogP contribution in [-0.4, -0.2) is 54.4 Å². The van der Waals surface area contributed by atoms with Gasteiger partial charge in [0.05, 0.1) is 0 Å². The third-order valence-corrected chi connectivity index (χ3v) is 3.11. The van der Waals surface area contributed by atoms with Crippen molar-refractivity contribution in [3.63, 3.8) is 0 Å². The molecule has 0 spiro atoms. The standard InChI is InChI=1S/C16H24N6O2.HI/c1-3-17-16(19-10-6-12-23-2)20-11-8-14-21-15(24-22-14)13-7-4-5-9-18-13;/h4-5,7,9H,3,6,8,10-12H2,1-2H3,(H2,17,19,20);1H. The zero-order valence-electron chi connectivity index (χ0n) is 14.6. The molecule has 2 rings (SSSR count). The van der Waals surface area contributed by atoms with Gasteiger partial charge in [-0.25, -0.2) is 0 Å². The molecule has 2 aromatic rings. The van der Waals surface area contributed by atoms with Crippen molar-refractivity contribution in [1.29, 1.82) is 0 Å². The van der Waals surface area contributed by atoms with Gasteiger partial charge in [-0.15, -0.1) is 24.0 Å². The average Bonchev–Trinajstić information content (AvgIpc) is 3.08. The smallest absolute Gasteiger partial charge is 0.276 e. The maximum absolute atomic E-state index is 5.24. The molecule has 9 heteroatoms. The highest BCUT2D eigenvalue weighted by Crippen LogP contribution is 2.12. The van der Waals surface area contributed by atoms with E-state index in [9.17, 15) is 0 Å². The Balaban J connectivity index is 0.00000312. The van der Waals surface area contributed by atoms with Crippen LogP contribution in [0.2, 0.25) is 0 Å². The van der Waals surface area contributed by atoms with Crippen LogP contribution < -0.4 is 10.6 Å². The van der Waals surface area contributed by atoms with Crippen LogP contribution in [0.3, 0.4) is 0 Å². The normalized spacial score (nSPS) is 11.0. The molecule has 0 saturated heterocycles. The third kappa shape index (κ3) is 7.78. The van der Waals surface area contributed by atoms with Gasteiger partial charge in [-0.3, -0.25) is 9.98 Å². The Hall–Kier alpha value is -1.75. The molecule has 2 N–H and O–H groups in total. The van der Waals surface area contributed by atoms with Gasteiger partial charge in [0.15, 0.2) is 11.8 Å². The number of pyridine rings is 1. The molecule has 0 amide bonds. The first-order valence-electron chi connectivity index (χ1n) is 8.08. The number of ether oxygens (including phenoxy) is 1. The summed E-state index contributed by atoms with van der Waals surface area (Å²) in [5, 5.41) is 10.4. The van der Waals surface area contributed by atoms with E-state index in [1.54, 1.807) is 13.3 Å². The van der Waals surface area contributed by atoms with E-state index in [2.05, 4.69) is 30.8 Å². The Labute approximate surface area is 164 Å². The van der Waals surface area contributed by atoms with E-state index in [1.807, 2.05) is 25.1 Å². The van der Waals surface area contributed by atoms with E-state index in [-0.39, 0.29) is 24.0 Å². The molecule has 0 aliphatic rings. The fourth-order valence-electron chi connectivity index (χ4n) is 1.98. The molecule has 2 heterocycles. The SMILES string of the molecule is CCNC(=NCCCOC)NCCc1noc(-c2ccccn2)n1.I. The lowest BCUT2D eigenvalue weighted by Gasteiger charge is -2.10. The second kappa shape index (κ2) is 12.6. The summed E-state index contributed by atoms with van der Waals surface area (Å²) < 4.78 is 10.3. The van der Waals surface area contributed by atoms with Crippen LogP contribution in [0.4, 0.5) is 0 Å². The summed E-state index contributed by atoms with van der Waals surface area (Å²) in [5.74, 6) is 1.85. The largest absolute Gasteiger partial charge is 0.385 e. The lowest BCUT2D eigenvalue weighted by atomic mass is 10.3. The quantitative estimate of drug-likeness (QED) is 0.255. The zero-order valence-corrected chi connectivity index (χ0v) is 16.9. The predicted octanol–water partition coefficient (Wildman–Crippen LogP) is 1.88. The van der Waals surface area contributed by atoms with Crippen molar-refractivity contribution >= 4 is 29.9 Å². The number of aromatic nitrogens is 3. The molecule has 138 valence electrons. The van der Waals surface area contributed by atoms with Crippen molar-refractivity contribution in [3.05, 3.63) is 30.2 Å². The molecular weight excluding hydrogens is 435 g/mol. The fraction of sp³-hybridized carbons (Fsp3) is 0.500. The topological polar surface area (TPSA) is 97.5 Å². The van der Waals surface area contributed by atoms with Crippen molar-refractivity contribution in [2.45, 2.75) is 19.8 Å². The predicted molar refractivity (Wildman–Crippen MR) is 107 cm³/mol. The Bertz CT molecular complexity index is 620. The van der Waals surface area contributed by atoms with Gasteiger partial charge in [0.2, 0.25) is 0 Å². The van der Waals surface area contributed by atoms with E-state index < -0.39 is 0 Å². The number of aliphatic imine (C=N–C) groups is 1. The summed E-state index contributed by atoms with van der Waals surface area (Å²) in [6.45, 7) is 4.93. The van der Waals surface area contributed by atoms with Crippen LogP contribution in [0, 0.1) is 0 Å². The lowest BCUT2D eigenvalue weighted by molar-refractivity contribution is 0.197. The van der Waals surface area contributed by atoms with Crippen LogP contribution in [0.15, 0.2) is 33.9 Å². The number of nitrogens with zero attached hydrogens (tertiary/aromatic N) is 4. The molecule has 0 radical (unpaired) electrons. The van der Waals surface area contributed by atoms with Gasteiger partial charge in [-0.05, 0) is 25.5 Å². The second-order valence-corrected chi connectivity index (χ2v) is 5.01. The van der Waals surface area contributed by atoms with Crippen molar-refractivity contribution in [1.82, 2.24) is 25.8 Å². The second-order valence-electron chi connectivity index (χ2n) is 5.01. The molecule has 0 saturated carbocycles. The van der Waals surface area contributed by atoms with Crippen molar-refractivity contribution in [2.75, 3.05) is 33.4 Å². The van der Waals surface area contributed by atoms with Gasteiger partial charge in [0, 0.05) is 46.0 Å². The molecule has 0 unspecified atom stereocenters. The summed E-state index contributed by atoms with van der Waals surface area (Å²) in [6.07, 6.45) is 3.23. The van der Waals surface area contributed by atoms with Crippen molar-refractivity contribution in [2.24, 2.45) is 4.99 Å². The monoisotopic (exact) mass is 460 g/mol. The summed E-state index contributed by atoms with van der Waals surface area (Å²) in [6, 6.07) is 5.57. The lowest BCUT2D eigenvalue weighted by Crippen LogP contribution is -2.38. The van der Waals surface area contributed by atoms with Gasteiger partial charge in [0.1, 0.15) is 5.69 Å². The van der Waals surface area contributed by atoms with Gasteiger partial charge in [-0.1, -0.05) is 11.2 Å². The van der Waals surface area contributed by atoms with Crippen LogP contribution in [-0.2, 0) is 11.2 Å². The molecule has 0 aromatic carbocycles. The summed E-state index contributed by atoms with van der Waals surface area (Å²) >= 11 is 0. The van der Waals surface area contributed by atoms with E-state index in [1.165, 1.54) is 0 Å². The van der Waals surface area contributed by atoms with Crippen molar-refractivity contribution < 1.29 is 9.26 Å². The molecule has 25 heavy (non-hydrogen) atoms. The first-order valence-corrected chi connectivity index (χ1v) is 8.08. The highest BCUT2D eigenvalue weighted by Gasteiger charge is 2.09. The van der Waals surface area contributed by atoms with Crippen molar-refractivity contribution in [3.8, 4) is 11.6 Å². The average molecular weight is 460 g/mol. The van der Waals surface area contributed by atoms with E-state index in [4.69, 9.17) is 9.26 Å². The minimum atomic E-state index is 0. The first kappa shape index (κ1) is 21.3.